The first-order chi connectivity index (χ1) is 20.7. The van der Waals surface area contributed by atoms with Crippen molar-refractivity contribution in [2.45, 2.75) is 44.3 Å². The fourth-order valence-electron chi connectivity index (χ4n) is 4.60. The van der Waals surface area contributed by atoms with Gasteiger partial charge < -0.3 is 25.7 Å². The molecule has 2 aliphatic rings. The topological polar surface area (TPSA) is 182 Å². The largest absolute Gasteiger partial charge is 0.477 e. The molecule has 2 amide bonds. The fourth-order valence-corrected chi connectivity index (χ4v) is 7.44. The van der Waals surface area contributed by atoms with Gasteiger partial charge in [-0.2, -0.15) is 0 Å². The number of thiazole rings is 1. The van der Waals surface area contributed by atoms with E-state index in [1.807, 2.05) is 15.0 Å². The van der Waals surface area contributed by atoms with E-state index in [0.717, 1.165) is 17.0 Å². The number of amides is 2. The van der Waals surface area contributed by atoms with Crippen LogP contribution in [0.2, 0.25) is 5.02 Å². The molecular weight excluding hydrogens is 702 g/mol. The van der Waals surface area contributed by atoms with Gasteiger partial charge in [-0.25, -0.2) is 23.5 Å². The summed E-state index contributed by atoms with van der Waals surface area (Å²) >= 11 is 11.7. The van der Waals surface area contributed by atoms with Crippen LogP contribution in [0.3, 0.4) is 0 Å². The van der Waals surface area contributed by atoms with E-state index in [4.69, 9.17) is 26.9 Å². The molecule has 5 heterocycles. The minimum Gasteiger partial charge on any atom is -0.477 e. The Morgan fingerprint density at radius 3 is 2.75 bits per heavy atom. The van der Waals surface area contributed by atoms with Crippen LogP contribution in [-0.4, -0.2) is 78.2 Å². The molecule has 0 unspecified atom stereocenters. The lowest BCUT2D eigenvalue weighted by Crippen LogP contribution is -2.71. The number of carboxylic acids is 1. The van der Waals surface area contributed by atoms with Crippen molar-refractivity contribution in [2.24, 2.45) is 5.16 Å². The molecule has 3 aromatic rings. The van der Waals surface area contributed by atoms with E-state index in [1.54, 1.807) is 45.4 Å². The van der Waals surface area contributed by atoms with Crippen LogP contribution in [0.1, 0.15) is 26.5 Å². The van der Waals surface area contributed by atoms with Crippen molar-refractivity contribution in [3.63, 3.8) is 0 Å². The molecule has 0 aliphatic carbocycles. The third kappa shape index (κ3) is 6.55. The van der Waals surface area contributed by atoms with Gasteiger partial charge in [-0.1, -0.05) is 28.1 Å². The maximum Gasteiger partial charge on any atom is 0.352 e. The lowest BCUT2D eigenvalue weighted by molar-refractivity contribution is -0.662. The van der Waals surface area contributed by atoms with Gasteiger partial charge in [0.1, 0.15) is 57.3 Å². The molecule has 0 saturated carbocycles. The predicted molar refractivity (Wildman–Crippen MR) is 165 cm³/mol. The number of oxime groups is 1. The highest BCUT2D eigenvalue weighted by molar-refractivity contribution is 9.11. The summed E-state index contributed by atoms with van der Waals surface area (Å²) < 4.78 is 9.23. The van der Waals surface area contributed by atoms with E-state index in [1.165, 1.54) is 16.7 Å². The van der Waals surface area contributed by atoms with Gasteiger partial charge in [0.15, 0.2) is 10.8 Å². The maximum atomic E-state index is 13.4. The SMILES string of the molecule is CC(C)(C)OC(=O)CO/N=C(\C(=O)N[C@@H]1C(=O)N2C(C(=O)O)=C(C[n+]3ccn4cc(Cl)ccc43)CS[C@@H]12)c1nc(N)sc1Br. The van der Waals surface area contributed by atoms with Crippen LogP contribution in [0.5, 0.6) is 0 Å². The molecule has 0 aromatic carbocycles. The van der Waals surface area contributed by atoms with Gasteiger partial charge in [-0.15, -0.1) is 11.8 Å². The van der Waals surface area contributed by atoms with Crippen molar-refractivity contribution < 1.29 is 38.4 Å². The molecule has 4 N–H and O–H groups in total. The van der Waals surface area contributed by atoms with Crippen LogP contribution < -0.4 is 15.6 Å². The van der Waals surface area contributed by atoms with Gasteiger partial charge >= 0.3 is 11.9 Å². The highest BCUT2D eigenvalue weighted by atomic mass is 79.9. The molecule has 232 valence electrons. The number of halogens is 2. The number of carboxylic acid groups (broad SMARTS) is 1. The lowest BCUT2D eigenvalue weighted by Gasteiger charge is -2.49. The Balaban J connectivity index is 1.34. The number of imidazole rings is 1. The van der Waals surface area contributed by atoms with E-state index in [2.05, 4.69) is 31.4 Å². The Morgan fingerprint density at radius 2 is 2.09 bits per heavy atom. The van der Waals surface area contributed by atoms with E-state index in [9.17, 15) is 24.3 Å². The fraction of sp³-hybridized carbons (Fsp3) is 0.346. The second-order valence-electron chi connectivity index (χ2n) is 10.6. The smallest absolute Gasteiger partial charge is 0.352 e. The second kappa shape index (κ2) is 12.4. The number of β-lactam (4-membered cyclic amide) rings is 1. The van der Waals surface area contributed by atoms with Crippen LogP contribution in [-0.2, 0) is 35.3 Å². The Labute approximate surface area is 271 Å². The van der Waals surface area contributed by atoms with Crippen LogP contribution in [0.15, 0.2) is 50.9 Å². The number of aliphatic carboxylic acids is 1. The Morgan fingerprint density at radius 1 is 1.34 bits per heavy atom. The van der Waals surface area contributed by atoms with E-state index < -0.39 is 47.4 Å². The number of carbonyl (C=O) groups is 4. The number of carbonyl (C=O) groups excluding carboxylic acids is 3. The number of rotatable bonds is 9. The first kappa shape index (κ1) is 31.7. The molecule has 2 aliphatic heterocycles. The third-order valence-corrected chi connectivity index (χ3v) is 9.42. The molecule has 1 fully saturated rings. The molecule has 5 rings (SSSR count). The summed E-state index contributed by atoms with van der Waals surface area (Å²) in [7, 11) is 0. The van der Waals surface area contributed by atoms with Crippen molar-refractivity contribution in [1.82, 2.24) is 19.6 Å². The van der Waals surface area contributed by atoms with Gasteiger partial charge in [0, 0.05) is 17.4 Å². The first-order valence-electron chi connectivity index (χ1n) is 12.9. The van der Waals surface area contributed by atoms with Gasteiger partial charge in [-0.3, -0.25) is 14.5 Å². The quantitative estimate of drug-likeness (QED) is 0.0972. The normalized spacial score (nSPS) is 18.6. The molecule has 0 bridgehead atoms. The number of fused-ring (bicyclic) bond motifs is 2. The number of esters is 1. The molecule has 0 radical (unpaired) electrons. The maximum absolute atomic E-state index is 13.4. The molecular formula is C26H26BrClN7O7S2+. The van der Waals surface area contributed by atoms with Crippen molar-refractivity contribution in [1.29, 1.82) is 0 Å². The zero-order valence-corrected chi connectivity index (χ0v) is 27.4. The Kier molecular flexibility index (Phi) is 8.93. The predicted octanol–water partition coefficient (Wildman–Crippen LogP) is 2.18. The number of thioether (sulfide) groups is 1. The Bertz CT molecular complexity index is 1750. The number of ether oxygens (including phenoxy) is 1. The summed E-state index contributed by atoms with van der Waals surface area (Å²) in [5.74, 6) is -3.10. The minimum atomic E-state index is -1.25. The van der Waals surface area contributed by atoms with Crippen LogP contribution in [0.4, 0.5) is 5.13 Å². The molecule has 14 nitrogen and oxygen atoms in total. The summed E-state index contributed by atoms with van der Waals surface area (Å²) in [6.45, 7) is 4.71. The minimum absolute atomic E-state index is 0.0422. The second-order valence-corrected chi connectivity index (χ2v) is 14.5. The Hall–Kier alpha value is -3.67. The summed E-state index contributed by atoms with van der Waals surface area (Å²) in [6, 6.07) is 2.49. The van der Waals surface area contributed by atoms with Gasteiger partial charge in [-0.05, 0) is 42.8 Å². The van der Waals surface area contributed by atoms with Crippen molar-refractivity contribution in [3.05, 3.63) is 56.5 Å². The zero-order valence-electron chi connectivity index (χ0n) is 23.4. The number of nitrogens with two attached hydrogens (primary N) is 1. The van der Waals surface area contributed by atoms with Crippen LogP contribution in [0, 0.1) is 0 Å². The highest BCUT2D eigenvalue weighted by Gasteiger charge is 2.54. The van der Waals surface area contributed by atoms with Crippen molar-refractivity contribution in [3.8, 4) is 0 Å². The van der Waals surface area contributed by atoms with Crippen LogP contribution >= 0.6 is 50.6 Å². The number of nitrogens with zero attached hydrogens (tertiary/aromatic N) is 5. The molecule has 1 saturated heterocycles. The number of hydrogen-bond acceptors (Lipinski definition) is 11. The highest BCUT2D eigenvalue weighted by Crippen LogP contribution is 2.40. The standard InChI is InChI=1S/C26H25BrClN7O7S2/c1-26(2,3)42-15(36)10-41-32-17(16-20(27)44-25(29)31-16)21(37)30-18-22(38)35-19(24(39)40)12(11-43-23(18)35)8-33-6-7-34-9-13(28)4-5-14(33)34/h4-7,9,18,23H,8,10-11H2,1-3H3,(H3-,29,30,31,37,39,40)/p+1/b32-17-/t18-,23+/m1/s1. The average Bonchev–Trinajstić information content (AvgIpc) is 3.48. The summed E-state index contributed by atoms with van der Waals surface area (Å²) in [4.78, 5) is 61.6. The van der Waals surface area contributed by atoms with Crippen LogP contribution in [0.25, 0.3) is 5.65 Å². The number of pyridine rings is 1. The first-order valence-corrected chi connectivity index (χ1v) is 16.0. The average molecular weight is 728 g/mol. The number of aromatic nitrogens is 3. The van der Waals surface area contributed by atoms with Gasteiger partial charge in [0.05, 0.1) is 5.02 Å². The summed E-state index contributed by atoms with van der Waals surface area (Å²) in [6.07, 6.45) is 5.33. The molecule has 18 heteroatoms. The number of hydrogen-bond donors (Lipinski definition) is 3. The van der Waals surface area contributed by atoms with E-state index in [0.29, 0.717) is 20.1 Å². The van der Waals surface area contributed by atoms with E-state index >= 15 is 0 Å². The molecule has 44 heavy (non-hydrogen) atoms. The molecule has 2 atom stereocenters. The molecule has 3 aromatic heterocycles. The van der Waals surface area contributed by atoms with Gasteiger partial charge in [0.25, 0.3) is 17.5 Å². The van der Waals surface area contributed by atoms with Crippen molar-refractivity contribution >= 4 is 90.9 Å². The number of nitrogen functional groups attached to an aromatic ring is 1. The van der Waals surface area contributed by atoms with Gasteiger partial charge in [0.2, 0.25) is 6.61 Å². The summed E-state index contributed by atoms with van der Waals surface area (Å²) in [5.41, 5.74) is 5.93. The lowest BCUT2D eigenvalue weighted by atomic mass is 10.0. The van der Waals surface area contributed by atoms with Crippen molar-refractivity contribution in [2.75, 3.05) is 18.1 Å². The number of anilines is 1. The van der Waals surface area contributed by atoms with E-state index in [-0.39, 0.29) is 28.8 Å². The number of nitrogens with one attached hydrogen (secondary N) is 1. The zero-order chi connectivity index (χ0) is 31.9. The summed E-state index contributed by atoms with van der Waals surface area (Å²) in [5, 5.41) is 16.5. The monoisotopic (exact) mass is 726 g/mol. The third-order valence-electron chi connectivity index (χ3n) is 6.32. The molecule has 0 spiro atoms.